The zero-order valence-corrected chi connectivity index (χ0v) is 25.0. The molecule has 1 aliphatic heterocycles. The molecule has 0 amide bonds. The first-order valence-electron chi connectivity index (χ1n) is 13.1. The lowest BCUT2D eigenvalue weighted by atomic mass is 9.48. The van der Waals surface area contributed by atoms with Gasteiger partial charge in [-0.1, -0.05) is 25.0 Å². The van der Waals surface area contributed by atoms with Crippen LogP contribution in [0.15, 0.2) is 11.1 Å². The number of carbonyl (C=O) groups excluding carboxylic acids is 2. The van der Waals surface area contributed by atoms with Gasteiger partial charge in [0.05, 0.1) is 36.3 Å². The largest absolute Gasteiger partial charge is 0.455 e. The van der Waals surface area contributed by atoms with Crippen LogP contribution in [0.2, 0.25) is 0 Å². The predicted molar refractivity (Wildman–Crippen MR) is 142 cm³/mol. The molecule has 2 aliphatic carbocycles. The van der Waals surface area contributed by atoms with Gasteiger partial charge >= 0.3 is 5.97 Å². The van der Waals surface area contributed by atoms with E-state index in [0.29, 0.717) is 18.8 Å². The maximum Gasteiger partial charge on any atom is 0.303 e. The highest BCUT2D eigenvalue weighted by Crippen LogP contribution is 2.61. The summed E-state index contributed by atoms with van der Waals surface area (Å²) in [5.74, 6) is -1.07. The zero-order chi connectivity index (χ0) is 28.0. The van der Waals surface area contributed by atoms with E-state index in [2.05, 4.69) is 13.8 Å². The molecule has 3 rings (SSSR count). The van der Waals surface area contributed by atoms with Crippen LogP contribution in [0.25, 0.3) is 0 Å². The van der Waals surface area contributed by atoms with E-state index in [4.69, 9.17) is 23.7 Å². The van der Waals surface area contributed by atoms with Gasteiger partial charge in [-0.25, -0.2) is 0 Å². The van der Waals surface area contributed by atoms with Crippen molar-refractivity contribution in [2.45, 2.75) is 103 Å². The summed E-state index contributed by atoms with van der Waals surface area (Å²) in [7, 11) is 3.22. The fourth-order valence-electron chi connectivity index (χ4n) is 7.24. The molecule has 9 heteroatoms. The summed E-state index contributed by atoms with van der Waals surface area (Å²) in [6.07, 6.45) is 0.881. The predicted octanol–water partition coefficient (Wildman–Crippen LogP) is 3.93. The van der Waals surface area contributed by atoms with Crippen molar-refractivity contribution in [1.82, 2.24) is 0 Å². The molecular weight excluding hydrogens is 496 g/mol. The Morgan fingerprint density at radius 3 is 2.35 bits per heavy atom. The lowest BCUT2D eigenvalue weighted by Gasteiger charge is -2.66. The molecule has 7 unspecified atom stereocenters. The number of ketones is 1. The van der Waals surface area contributed by atoms with E-state index in [-0.39, 0.29) is 18.5 Å². The van der Waals surface area contributed by atoms with Crippen molar-refractivity contribution in [2.24, 2.45) is 16.7 Å². The van der Waals surface area contributed by atoms with Crippen LogP contribution in [-0.4, -0.2) is 85.5 Å². The van der Waals surface area contributed by atoms with Crippen molar-refractivity contribution in [3.8, 4) is 0 Å². The normalized spacial score (nSPS) is 38.8. The average Bonchev–Trinajstić information content (AvgIpc) is 2.83. The van der Waals surface area contributed by atoms with Crippen LogP contribution >= 0.6 is 11.8 Å². The molecule has 212 valence electrons. The summed E-state index contributed by atoms with van der Waals surface area (Å²) in [4.78, 5) is 26.2. The number of Topliss-reactive ketones (excluding diaryl/α,β-unsaturated/α-hetero) is 1. The maximum absolute atomic E-state index is 14.4. The Bertz CT molecular complexity index is 914. The van der Waals surface area contributed by atoms with Gasteiger partial charge in [-0.2, -0.15) is 0 Å². The Morgan fingerprint density at radius 1 is 1.22 bits per heavy atom. The van der Waals surface area contributed by atoms with Gasteiger partial charge in [-0.3, -0.25) is 9.59 Å². The number of esters is 1. The second-order valence-corrected chi connectivity index (χ2v) is 12.6. The lowest BCUT2D eigenvalue weighted by Crippen LogP contribution is -2.79. The minimum Gasteiger partial charge on any atom is -0.455 e. The van der Waals surface area contributed by atoms with Gasteiger partial charge < -0.3 is 28.8 Å². The smallest absolute Gasteiger partial charge is 0.303 e. The van der Waals surface area contributed by atoms with Crippen LogP contribution in [0.1, 0.15) is 67.7 Å². The summed E-state index contributed by atoms with van der Waals surface area (Å²) in [6.45, 7) is 13.3. The van der Waals surface area contributed by atoms with Crippen LogP contribution in [0.5, 0.6) is 0 Å². The third-order valence-electron chi connectivity index (χ3n) is 9.90. The number of rotatable bonds is 10. The van der Waals surface area contributed by atoms with Crippen molar-refractivity contribution in [2.75, 3.05) is 33.0 Å². The van der Waals surface area contributed by atoms with Gasteiger partial charge in [0.15, 0.2) is 11.9 Å². The molecule has 0 aromatic rings. The van der Waals surface area contributed by atoms with E-state index in [1.807, 2.05) is 27.0 Å². The van der Waals surface area contributed by atoms with Crippen molar-refractivity contribution < 1.29 is 38.4 Å². The van der Waals surface area contributed by atoms with E-state index in [0.717, 1.165) is 12.0 Å². The van der Waals surface area contributed by atoms with Gasteiger partial charge in [0.2, 0.25) is 0 Å². The van der Waals surface area contributed by atoms with Gasteiger partial charge in [-0.05, 0) is 46.8 Å². The van der Waals surface area contributed by atoms with Crippen molar-refractivity contribution in [3.63, 3.8) is 0 Å². The number of hydrogen-bond donors (Lipinski definition) is 1. The third kappa shape index (κ3) is 4.61. The van der Waals surface area contributed by atoms with E-state index >= 15 is 0 Å². The minimum absolute atomic E-state index is 0.267. The van der Waals surface area contributed by atoms with E-state index in [1.165, 1.54) is 24.3 Å². The first-order valence-corrected chi connectivity index (χ1v) is 14.5. The Hall–Kier alpha value is -0.970. The van der Waals surface area contributed by atoms with Gasteiger partial charge in [0.25, 0.3) is 0 Å². The topological polar surface area (TPSA) is 101 Å². The van der Waals surface area contributed by atoms with E-state index < -0.39 is 52.2 Å². The Kier molecular flexibility index (Phi) is 9.00. The van der Waals surface area contributed by atoms with Crippen LogP contribution in [0, 0.1) is 16.7 Å². The summed E-state index contributed by atoms with van der Waals surface area (Å²) in [6, 6.07) is 0. The molecule has 1 heterocycles. The summed E-state index contributed by atoms with van der Waals surface area (Å²) < 4.78 is 30.2. The fourth-order valence-corrected chi connectivity index (χ4v) is 7.54. The highest BCUT2D eigenvalue weighted by Gasteiger charge is 2.74. The van der Waals surface area contributed by atoms with Crippen LogP contribution in [0.4, 0.5) is 0 Å². The molecule has 0 bridgehead atoms. The molecular formula is C28H46O8S. The molecule has 37 heavy (non-hydrogen) atoms. The first kappa shape index (κ1) is 30.6. The molecule has 8 nitrogen and oxygen atoms in total. The first-order chi connectivity index (χ1) is 17.2. The number of aliphatic hydroxyl groups is 1. The van der Waals surface area contributed by atoms with Crippen LogP contribution < -0.4 is 0 Å². The zero-order valence-electron chi connectivity index (χ0n) is 24.1. The number of allylic oxidation sites excluding steroid dienone is 1. The third-order valence-corrected chi connectivity index (χ3v) is 10.3. The molecule has 0 aromatic carbocycles. The average molecular weight is 543 g/mol. The number of carbonyl (C=O) groups is 2. The number of methoxy groups -OCH3 is 2. The molecule has 0 spiro atoms. The van der Waals surface area contributed by atoms with Crippen molar-refractivity contribution in [1.29, 1.82) is 0 Å². The molecule has 0 radical (unpaired) electrons. The van der Waals surface area contributed by atoms with E-state index in [9.17, 15) is 14.7 Å². The number of thioether (sulfide) groups is 1. The Morgan fingerprint density at radius 2 is 1.86 bits per heavy atom. The second kappa shape index (κ2) is 10.9. The maximum atomic E-state index is 14.4. The summed E-state index contributed by atoms with van der Waals surface area (Å²) in [5.41, 5.74) is -1.67. The minimum atomic E-state index is -1.31. The van der Waals surface area contributed by atoms with Gasteiger partial charge in [0, 0.05) is 38.9 Å². The number of hydrogen-bond acceptors (Lipinski definition) is 9. The highest BCUT2D eigenvalue weighted by molar-refractivity contribution is 7.98. The number of ether oxygens (including phenoxy) is 5. The van der Waals surface area contributed by atoms with Crippen LogP contribution in [-0.2, 0) is 33.3 Å². The van der Waals surface area contributed by atoms with Crippen molar-refractivity contribution in [3.05, 3.63) is 11.1 Å². The quantitative estimate of drug-likeness (QED) is 0.250. The summed E-state index contributed by atoms with van der Waals surface area (Å²) in [5, 5.41) is 12.6. The van der Waals surface area contributed by atoms with Crippen molar-refractivity contribution >= 4 is 23.5 Å². The SMILES string of the molecule is COC(C1C(C)(C(=O)C(C)OC(C)=O)C(OCSC)CC2OC[C@]21OC)C1(O)CCC(C)=C(C)C1(C)C. The molecule has 3 aliphatic rings. The van der Waals surface area contributed by atoms with E-state index in [1.54, 1.807) is 21.1 Å². The highest BCUT2D eigenvalue weighted by atomic mass is 32.2. The Labute approximate surface area is 226 Å². The van der Waals surface area contributed by atoms with Gasteiger partial charge in [-0.15, -0.1) is 11.8 Å². The number of fused-ring (bicyclic) bond motifs is 1. The lowest BCUT2D eigenvalue weighted by molar-refractivity contribution is -0.352. The summed E-state index contributed by atoms with van der Waals surface area (Å²) >= 11 is 1.52. The molecule has 8 atom stereocenters. The van der Waals surface area contributed by atoms with Crippen LogP contribution in [0.3, 0.4) is 0 Å². The molecule has 1 N–H and O–H groups in total. The molecule has 1 saturated heterocycles. The molecule has 1 saturated carbocycles. The fraction of sp³-hybridized carbons (Fsp3) is 0.857. The molecule has 2 fully saturated rings. The Balaban J connectivity index is 2.25. The molecule has 0 aromatic heterocycles. The monoisotopic (exact) mass is 542 g/mol. The van der Waals surface area contributed by atoms with Gasteiger partial charge in [0.1, 0.15) is 11.2 Å². The standard InChI is InChI=1S/C28H46O8S/c1-16-11-12-28(31,25(5,6)17(16)2)24(32-8)22-26(7,23(30)18(3)36-19(4)29)20(35-15-37-10)13-21-27(22,33-9)14-34-21/h18,20-22,24,31H,11-15H2,1-10H3/t18?,20?,21?,22?,24?,26?,27-,28?/m0/s1. The second-order valence-electron chi connectivity index (χ2n) is 11.7.